The normalized spacial score (nSPS) is 19.7. The number of amidine groups is 1. The summed E-state index contributed by atoms with van der Waals surface area (Å²) in [5.41, 5.74) is 7.12. The summed E-state index contributed by atoms with van der Waals surface area (Å²) >= 11 is 7.83. The fourth-order valence-electron chi connectivity index (χ4n) is 2.69. The van der Waals surface area contributed by atoms with Gasteiger partial charge in [0.2, 0.25) is 5.88 Å². The first-order valence-electron chi connectivity index (χ1n) is 7.93. The Morgan fingerprint density at radius 2 is 2.15 bits per heavy atom. The molecule has 0 fully saturated rings. The van der Waals surface area contributed by atoms with E-state index in [2.05, 4.69) is 19.9 Å². The number of methoxy groups -OCH3 is 1. The fraction of sp³-hybridized carbons (Fsp3) is 0.353. The highest BCUT2D eigenvalue weighted by Crippen LogP contribution is 2.38. The molecule has 0 saturated carbocycles. The molecule has 1 aliphatic heterocycles. The molecule has 0 amide bonds. The molecule has 3 heterocycles. The number of Topliss-reactive ketones (excluding diaryl/α,β-unsaturated/α-hetero) is 1. The molecule has 3 rings (SSSR count). The molecule has 0 unspecified atom stereocenters. The second-order valence-electron chi connectivity index (χ2n) is 6.05. The van der Waals surface area contributed by atoms with Crippen LogP contribution in [0.15, 0.2) is 29.6 Å². The number of carbonyl (C=O) groups excluding carboxylic acids is 1. The van der Waals surface area contributed by atoms with E-state index in [0.29, 0.717) is 16.2 Å². The van der Waals surface area contributed by atoms with Gasteiger partial charge < -0.3 is 10.5 Å². The van der Waals surface area contributed by atoms with Crippen molar-refractivity contribution in [3.8, 4) is 5.88 Å². The number of ketones is 1. The Morgan fingerprint density at radius 3 is 2.81 bits per heavy atom. The van der Waals surface area contributed by atoms with Gasteiger partial charge in [-0.3, -0.25) is 9.79 Å². The first-order chi connectivity index (χ1) is 12.4. The average Bonchev–Trinajstić information content (AvgIpc) is 2.63. The third kappa shape index (κ3) is 3.96. The summed E-state index contributed by atoms with van der Waals surface area (Å²) < 4.78 is 4.95. The third-order valence-corrected chi connectivity index (χ3v) is 5.26. The molecule has 0 spiro atoms. The second kappa shape index (κ2) is 7.59. The van der Waals surface area contributed by atoms with Gasteiger partial charge >= 0.3 is 0 Å². The van der Waals surface area contributed by atoms with Gasteiger partial charge in [0.15, 0.2) is 11.0 Å². The number of pyridine rings is 1. The predicted molar refractivity (Wildman–Crippen MR) is 102 cm³/mol. The Bertz CT molecular complexity index is 859. The maximum atomic E-state index is 12.5. The number of nitrogens with two attached hydrogens (primary N) is 1. The second-order valence-corrected chi connectivity index (χ2v) is 7.52. The maximum Gasteiger partial charge on any atom is 0.232 e. The lowest BCUT2D eigenvalue weighted by molar-refractivity contribution is 0.0987. The van der Waals surface area contributed by atoms with Crippen molar-refractivity contribution < 1.29 is 9.53 Å². The smallest absolute Gasteiger partial charge is 0.232 e. The van der Waals surface area contributed by atoms with Gasteiger partial charge in [-0.2, -0.15) is 0 Å². The molecule has 0 bridgehead atoms. The molecule has 0 aliphatic carbocycles. The molecule has 0 aromatic carbocycles. The number of rotatable bonds is 5. The van der Waals surface area contributed by atoms with Crippen molar-refractivity contribution in [2.45, 2.75) is 25.3 Å². The van der Waals surface area contributed by atoms with Gasteiger partial charge in [-0.15, -0.1) is 0 Å². The summed E-state index contributed by atoms with van der Waals surface area (Å²) in [4.78, 5) is 29.3. The summed E-state index contributed by atoms with van der Waals surface area (Å²) in [6, 6.07) is 1.87. The van der Waals surface area contributed by atoms with Crippen LogP contribution in [-0.4, -0.2) is 38.8 Å². The van der Waals surface area contributed by atoms with Gasteiger partial charge in [0.25, 0.3) is 0 Å². The minimum Gasteiger partial charge on any atom is -0.480 e. The molecule has 2 aromatic heterocycles. The highest BCUT2D eigenvalue weighted by Gasteiger charge is 2.32. The highest BCUT2D eigenvalue weighted by atomic mass is 35.5. The molecule has 136 valence electrons. The lowest BCUT2D eigenvalue weighted by Crippen LogP contribution is -2.29. The van der Waals surface area contributed by atoms with Crippen molar-refractivity contribution in [1.82, 2.24) is 15.0 Å². The minimum absolute atomic E-state index is 0.141. The number of carbonyl (C=O) groups is 1. The number of hydrogen-bond acceptors (Lipinski definition) is 8. The van der Waals surface area contributed by atoms with Gasteiger partial charge in [-0.05, 0) is 25.0 Å². The van der Waals surface area contributed by atoms with Gasteiger partial charge in [0, 0.05) is 23.9 Å². The topological polar surface area (TPSA) is 103 Å². The summed E-state index contributed by atoms with van der Waals surface area (Å²) in [5, 5.41) is 0.904. The molecule has 1 aliphatic rings. The first-order valence-corrected chi connectivity index (χ1v) is 9.30. The molecule has 0 saturated heterocycles. The molecular formula is C17H18ClN5O2S. The van der Waals surface area contributed by atoms with E-state index in [9.17, 15) is 4.79 Å². The summed E-state index contributed by atoms with van der Waals surface area (Å²) in [5.74, 6) is 1.05. The number of aromatic nitrogens is 3. The lowest BCUT2D eigenvalue weighted by Gasteiger charge is -2.30. The number of halogens is 1. The van der Waals surface area contributed by atoms with Crippen molar-refractivity contribution in [2.75, 3.05) is 12.9 Å². The lowest BCUT2D eigenvalue weighted by atomic mass is 9.89. The third-order valence-electron chi connectivity index (χ3n) is 4.16. The van der Waals surface area contributed by atoms with Gasteiger partial charge in [0.05, 0.1) is 25.0 Å². The molecule has 9 heteroatoms. The highest BCUT2D eigenvalue weighted by molar-refractivity contribution is 8.13. The number of aliphatic imine (C=N–C) groups is 1. The fourth-order valence-corrected chi connectivity index (χ4v) is 3.97. The van der Waals surface area contributed by atoms with Crippen LogP contribution in [0.5, 0.6) is 5.88 Å². The average molecular weight is 392 g/mol. The zero-order chi connectivity index (χ0) is 18.7. The zero-order valence-electron chi connectivity index (χ0n) is 14.4. The van der Waals surface area contributed by atoms with Crippen LogP contribution >= 0.6 is 23.4 Å². The van der Waals surface area contributed by atoms with Crippen LogP contribution in [0.25, 0.3) is 0 Å². The van der Waals surface area contributed by atoms with Crippen LogP contribution in [0.3, 0.4) is 0 Å². The van der Waals surface area contributed by atoms with E-state index in [4.69, 9.17) is 22.1 Å². The van der Waals surface area contributed by atoms with E-state index in [0.717, 1.165) is 23.3 Å². The monoisotopic (exact) mass is 391 g/mol. The largest absolute Gasteiger partial charge is 0.480 e. The summed E-state index contributed by atoms with van der Waals surface area (Å²) in [7, 11) is 1.49. The first kappa shape index (κ1) is 18.6. The Morgan fingerprint density at radius 1 is 1.35 bits per heavy atom. The number of hydrogen-bond donors (Lipinski definition) is 1. The Labute approximate surface area is 160 Å². The minimum atomic E-state index is -0.543. The number of ether oxygens (including phenoxy) is 1. The Hall–Kier alpha value is -2.19. The van der Waals surface area contributed by atoms with Crippen LogP contribution in [0.2, 0.25) is 5.15 Å². The van der Waals surface area contributed by atoms with Crippen LogP contribution < -0.4 is 10.5 Å². The zero-order valence-corrected chi connectivity index (χ0v) is 16.0. The van der Waals surface area contributed by atoms with Crippen LogP contribution in [0.4, 0.5) is 0 Å². The Balaban J connectivity index is 1.85. The van der Waals surface area contributed by atoms with Crippen molar-refractivity contribution in [1.29, 1.82) is 0 Å². The van der Waals surface area contributed by atoms with E-state index in [-0.39, 0.29) is 17.9 Å². The number of nitrogens with zero attached hydrogens (tertiary/aromatic N) is 4. The van der Waals surface area contributed by atoms with Gasteiger partial charge in [0.1, 0.15) is 10.8 Å². The molecular weight excluding hydrogens is 374 g/mol. The molecule has 0 radical (unpaired) electrons. The number of thioether (sulfide) groups is 1. The van der Waals surface area contributed by atoms with Crippen LogP contribution in [-0.2, 0) is 12.0 Å². The predicted octanol–water partition coefficient (Wildman–Crippen LogP) is 2.63. The molecule has 2 N–H and O–H groups in total. The molecule has 1 atom stereocenters. The van der Waals surface area contributed by atoms with Crippen molar-refractivity contribution in [2.24, 2.45) is 10.7 Å². The van der Waals surface area contributed by atoms with E-state index >= 15 is 0 Å². The van der Waals surface area contributed by atoms with E-state index in [1.165, 1.54) is 31.3 Å². The molecule has 26 heavy (non-hydrogen) atoms. The molecule has 7 nitrogen and oxygen atoms in total. The van der Waals surface area contributed by atoms with Crippen molar-refractivity contribution >= 4 is 34.3 Å². The van der Waals surface area contributed by atoms with Gasteiger partial charge in [-0.1, -0.05) is 23.4 Å². The van der Waals surface area contributed by atoms with Gasteiger partial charge in [-0.25, -0.2) is 15.0 Å². The Kier molecular flexibility index (Phi) is 5.43. The van der Waals surface area contributed by atoms with Crippen LogP contribution in [0.1, 0.15) is 35.0 Å². The SMILES string of the molecule is COc1cnc(C(=O)Cc2cnc(Cl)c([C@]3(C)CCSC(N)=N3)c2)cn1. The maximum absolute atomic E-state index is 12.5. The summed E-state index contributed by atoms with van der Waals surface area (Å²) in [6.45, 7) is 1.98. The summed E-state index contributed by atoms with van der Waals surface area (Å²) in [6.07, 6.45) is 5.34. The standard InChI is InChI=1S/C17H18ClN5O2S/c1-17(3-4-26-16(19)23-17)11-5-10(7-22-15(11)18)6-13(24)12-8-21-14(25-2)9-20-12/h5,7-9H,3-4,6H2,1-2H3,(H2,19,23)/t17-/m0/s1. The van der Waals surface area contributed by atoms with E-state index < -0.39 is 5.54 Å². The van der Waals surface area contributed by atoms with Crippen molar-refractivity contribution in [3.63, 3.8) is 0 Å². The van der Waals surface area contributed by atoms with Crippen molar-refractivity contribution in [3.05, 3.63) is 46.6 Å². The quantitative estimate of drug-likeness (QED) is 0.617. The van der Waals surface area contributed by atoms with Crippen LogP contribution in [0, 0.1) is 0 Å². The van der Waals surface area contributed by atoms with E-state index in [1.54, 1.807) is 6.20 Å². The molecule has 2 aromatic rings. The van der Waals surface area contributed by atoms with E-state index in [1.807, 2.05) is 13.0 Å².